The molecule has 1 aromatic carbocycles. The molecule has 0 aliphatic carbocycles. The standard InChI is InChI=1S/C19H24BrN3O2/c1-14-9-11-23(12-10-14)16-5-3-15(4-6-16)21-19(24)22(2)13-17-7-8-18(20)25-17/h3-8,14H,9-13H2,1-2H3,(H,21,24). The van der Waals surface area contributed by atoms with Crippen molar-refractivity contribution in [2.75, 3.05) is 30.4 Å². The minimum atomic E-state index is -0.160. The summed E-state index contributed by atoms with van der Waals surface area (Å²) in [5.41, 5.74) is 2.02. The highest BCUT2D eigenvalue weighted by molar-refractivity contribution is 9.10. The monoisotopic (exact) mass is 405 g/mol. The molecule has 2 heterocycles. The van der Waals surface area contributed by atoms with E-state index >= 15 is 0 Å². The van der Waals surface area contributed by atoms with E-state index in [2.05, 4.69) is 45.2 Å². The van der Waals surface area contributed by atoms with E-state index in [1.54, 1.807) is 11.9 Å². The Morgan fingerprint density at radius 3 is 2.52 bits per heavy atom. The fourth-order valence-corrected chi connectivity index (χ4v) is 3.32. The lowest BCUT2D eigenvalue weighted by Gasteiger charge is -2.32. The van der Waals surface area contributed by atoms with Gasteiger partial charge in [0.1, 0.15) is 5.76 Å². The van der Waals surface area contributed by atoms with Crippen LogP contribution in [0.15, 0.2) is 45.5 Å². The van der Waals surface area contributed by atoms with Gasteiger partial charge in [0.05, 0.1) is 6.54 Å². The van der Waals surface area contributed by atoms with Crippen molar-refractivity contribution in [1.82, 2.24) is 4.90 Å². The number of carbonyl (C=O) groups excluding carboxylic acids is 1. The molecule has 25 heavy (non-hydrogen) atoms. The Hall–Kier alpha value is -1.95. The first-order valence-corrected chi connectivity index (χ1v) is 9.42. The van der Waals surface area contributed by atoms with Gasteiger partial charge in [0.2, 0.25) is 0 Å². The third-order valence-corrected chi connectivity index (χ3v) is 5.06. The van der Waals surface area contributed by atoms with Gasteiger partial charge in [-0.2, -0.15) is 0 Å². The maximum absolute atomic E-state index is 12.3. The topological polar surface area (TPSA) is 48.7 Å². The van der Waals surface area contributed by atoms with Crippen LogP contribution in [0.25, 0.3) is 0 Å². The van der Waals surface area contributed by atoms with Crippen LogP contribution in [0.1, 0.15) is 25.5 Å². The Bertz CT molecular complexity index is 706. The van der Waals surface area contributed by atoms with Crippen molar-refractivity contribution >= 4 is 33.3 Å². The first-order chi connectivity index (χ1) is 12.0. The molecule has 0 saturated carbocycles. The number of halogens is 1. The molecule has 0 spiro atoms. The molecule has 6 heteroatoms. The number of amides is 2. The van der Waals surface area contributed by atoms with Crippen molar-refractivity contribution in [1.29, 1.82) is 0 Å². The maximum atomic E-state index is 12.3. The molecule has 0 bridgehead atoms. The Kier molecular flexibility index (Phi) is 5.68. The lowest BCUT2D eigenvalue weighted by Crippen LogP contribution is -2.32. The average molecular weight is 406 g/mol. The molecule has 1 N–H and O–H groups in total. The number of anilines is 2. The fourth-order valence-electron chi connectivity index (χ4n) is 2.98. The van der Waals surface area contributed by atoms with E-state index in [1.807, 2.05) is 24.3 Å². The van der Waals surface area contributed by atoms with Crippen molar-refractivity contribution < 1.29 is 9.21 Å². The summed E-state index contributed by atoms with van der Waals surface area (Å²) in [7, 11) is 1.75. The van der Waals surface area contributed by atoms with Gasteiger partial charge in [-0.05, 0) is 71.1 Å². The maximum Gasteiger partial charge on any atom is 0.321 e. The second kappa shape index (κ2) is 7.95. The summed E-state index contributed by atoms with van der Waals surface area (Å²) in [6.45, 7) is 4.94. The predicted molar refractivity (Wildman–Crippen MR) is 104 cm³/mol. The van der Waals surface area contributed by atoms with E-state index in [0.717, 1.165) is 30.5 Å². The van der Waals surface area contributed by atoms with Crippen LogP contribution >= 0.6 is 15.9 Å². The van der Waals surface area contributed by atoms with E-state index in [1.165, 1.54) is 18.5 Å². The third-order valence-electron chi connectivity index (χ3n) is 4.64. The minimum absolute atomic E-state index is 0.160. The number of hydrogen-bond acceptors (Lipinski definition) is 3. The van der Waals surface area contributed by atoms with Crippen LogP contribution in [0.3, 0.4) is 0 Å². The molecule has 1 aliphatic heterocycles. The Morgan fingerprint density at radius 1 is 1.24 bits per heavy atom. The predicted octanol–water partition coefficient (Wildman–Crippen LogP) is 4.94. The molecule has 1 aliphatic rings. The Labute approximate surface area is 157 Å². The van der Waals surface area contributed by atoms with Crippen LogP contribution in [0.5, 0.6) is 0 Å². The molecule has 1 aromatic heterocycles. The van der Waals surface area contributed by atoms with E-state index < -0.39 is 0 Å². The number of nitrogens with one attached hydrogen (secondary N) is 1. The molecule has 0 radical (unpaired) electrons. The summed E-state index contributed by atoms with van der Waals surface area (Å²) in [6.07, 6.45) is 2.48. The average Bonchev–Trinajstić information content (AvgIpc) is 3.01. The second-order valence-corrected chi connectivity index (χ2v) is 7.49. The summed E-state index contributed by atoms with van der Waals surface area (Å²) in [5.74, 6) is 1.55. The van der Waals surface area contributed by atoms with Gasteiger partial charge in [0.25, 0.3) is 0 Å². The lowest BCUT2D eigenvalue weighted by molar-refractivity contribution is 0.216. The number of benzene rings is 1. The molecule has 3 rings (SSSR count). The highest BCUT2D eigenvalue weighted by Crippen LogP contribution is 2.24. The van der Waals surface area contributed by atoms with E-state index in [-0.39, 0.29) is 6.03 Å². The summed E-state index contributed by atoms with van der Waals surface area (Å²) in [5, 5.41) is 2.92. The van der Waals surface area contributed by atoms with Gasteiger partial charge in [-0.3, -0.25) is 0 Å². The summed E-state index contributed by atoms with van der Waals surface area (Å²) >= 11 is 3.27. The number of furan rings is 1. The van der Waals surface area contributed by atoms with Crippen LogP contribution in [0.4, 0.5) is 16.2 Å². The normalized spacial score (nSPS) is 15.2. The van der Waals surface area contributed by atoms with Crippen LogP contribution in [0.2, 0.25) is 0 Å². The smallest absolute Gasteiger partial charge is 0.321 e. The van der Waals surface area contributed by atoms with Crippen LogP contribution in [-0.2, 0) is 6.54 Å². The van der Waals surface area contributed by atoms with Crippen molar-refractivity contribution in [3.63, 3.8) is 0 Å². The van der Waals surface area contributed by atoms with Crippen LogP contribution in [-0.4, -0.2) is 31.1 Å². The molecule has 1 saturated heterocycles. The fraction of sp³-hybridized carbons (Fsp3) is 0.421. The van der Waals surface area contributed by atoms with Gasteiger partial charge in [-0.15, -0.1) is 0 Å². The molecule has 2 amide bonds. The number of urea groups is 1. The van der Waals surface area contributed by atoms with Crippen LogP contribution in [0, 0.1) is 5.92 Å². The van der Waals surface area contributed by atoms with Gasteiger partial charge in [-0.25, -0.2) is 4.79 Å². The SMILES string of the molecule is CC1CCN(c2ccc(NC(=O)N(C)Cc3ccc(Br)o3)cc2)CC1. The molecule has 2 aromatic rings. The molecule has 5 nitrogen and oxygen atoms in total. The largest absolute Gasteiger partial charge is 0.452 e. The van der Waals surface area contributed by atoms with E-state index in [4.69, 9.17) is 4.42 Å². The van der Waals surface area contributed by atoms with Gasteiger partial charge < -0.3 is 19.5 Å². The van der Waals surface area contributed by atoms with Gasteiger partial charge in [0.15, 0.2) is 4.67 Å². The first kappa shape index (κ1) is 17.9. The minimum Gasteiger partial charge on any atom is -0.452 e. The van der Waals surface area contributed by atoms with Crippen molar-refractivity contribution in [2.45, 2.75) is 26.3 Å². The zero-order valence-corrected chi connectivity index (χ0v) is 16.3. The quantitative estimate of drug-likeness (QED) is 0.782. The zero-order valence-electron chi connectivity index (χ0n) is 14.7. The first-order valence-electron chi connectivity index (χ1n) is 8.62. The highest BCUT2D eigenvalue weighted by atomic mass is 79.9. The second-order valence-electron chi connectivity index (χ2n) is 6.71. The van der Waals surface area contributed by atoms with Gasteiger partial charge in [0, 0.05) is 31.5 Å². The summed E-state index contributed by atoms with van der Waals surface area (Å²) in [6, 6.07) is 11.6. The van der Waals surface area contributed by atoms with Gasteiger partial charge >= 0.3 is 6.03 Å². The van der Waals surface area contributed by atoms with Crippen molar-refractivity contribution in [3.05, 3.63) is 46.8 Å². The molecular weight excluding hydrogens is 382 g/mol. The summed E-state index contributed by atoms with van der Waals surface area (Å²) < 4.78 is 6.10. The van der Waals surface area contributed by atoms with E-state index in [0.29, 0.717) is 11.2 Å². The molecule has 0 unspecified atom stereocenters. The number of hydrogen-bond donors (Lipinski definition) is 1. The van der Waals surface area contributed by atoms with Crippen molar-refractivity contribution in [2.24, 2.45) is 5.92 Å². The molecular formula is C19H24BrN3O2. The number of carbonyl (C=O) groups is 1. The Morgan fingerprint density at radius 2 is 1.92 bits per heavy atom. The number of piperidine rings is 1. The zero-order chi connectivity index (χ0) is 17.8. The highest BCUT2D eigenvalue weighted by Gasteiger charge is 2.16. The molecule has 134 valence electrons. The third kappa shape index (κ3) is 4.78. The molecule has 1 fully saturated rings. The summed E-state index contributed by atoms with van der Waals surface area (Å²) in [4.78, 5) is 16.3. The Balaban J connectivity index is 1.54. The van der Waals surface area contributed by atoms with Crippen molar-refractivity contribution in [3.8, 4) is 0 Å². The van der Waals surface area contributed by atoms with Gasteiger partial charge in [-0.1, -0.05) is 6.92 Å². The van der Waals surface area contributed by atoms with Crippen LogP contribution < -0.4 is 10.2 Å². The van der Waals surface area contributed by atoms with E-state index in [9.17, 15) is 4.79 Å². The number of nitrogens with zero attached hydrogens (tertiary/aromatic N) is 2. The molecule has 0 atom stereocenters. The lowest BCUT2D eigenvalue weighted by atomic mass is 9.99. The number of rotatable bonds is 4.